The fourth-order valence-electron chi connectivity index (χ4n) is 2.59. The number of nitrogens with zero attached hydrogens (tertiary/aromatic N) is 5. The van der Waals surface area contributed by atoms with Gasteiger partial charge in [-0.2, -0.15) is 10.2 Å². The molecule has 0 bridgehead atoms. The third-order valence-corrected chi connectivity index (χ3v) is 4.64. The highest BCUT2D eigenvalue weighted by Crippen LogP contribution is 2.29. The number of hydrogen-bond acceptors (Lipinski definition) is 6. The van der Waals surface area contributed by atoms with Crippen molar-refractivity contribution in [3.8, 4) is 5.75 Å². The van der Waals surface area contributed by atoms with Crippen molar-refractivity contribution in [2.24, 2.45) is 0 Å². The van der Waals surface area contributed by atoms with Crippen molar-refractivity contribution >= 4 is 28.9 Å². The van der Waals surface area contributed by atoms with Gasteiger partial charge >= 0.3 is 0 Å². The molecule has 0 aliphatic rings. The van der Waals surface area contributed by atoms with Crippen molar-refractivity contribution in [3.05, 3.63) is 62.7 Å². The summed E-state index contributed by atoms with van der Waals surface area (Å²) in [4.78, 5) is 22.8. The maximum Gasteiger partial charge on any atom is 0.276 e. The van der Waals surface area contributed by atoms with Crippen molar-refractivity contribution in [2.45, 2.75) is 20.5 Å². The molecule has 0 fully saturated rings. The largest absolute Gasteiger partial charge is 0.494 e. The van der Waals surface area contributed by atoms with Gasteiger partial charge in [-0.1, -0.05) is 11.6 Å². The molecule has 2 aromatic heterocycles. The lowest BCUT2D eigenvalue weighted by atomic mass is 10.2. The molecule has 3 aromatic rings. The highest BCUT2D eigenvalue weighted by Gasteiger charge is 2.16. The minimum absolute atomic E-state index is 0.136. The molecule has 0 saturated heterocycles. The summed E-state index contributed by atoms with van der Waals surface area (Å²) < 4.78 is 8.35. The van der Waals surface area contributed by atoms with Gasteiger partial charge in [0.1, 0.15) is 12.4 Å². The molecule has 0 aliphatic heterocycles. The first-order valence-corrected chi connectivity index (χ1v) is 8.54. The second kappa shape index (κ2) is 7.69. The van der Waals surface area contributed by atoms with Gasteiger partial charge in [0.25, 0.3) is 11.6 Å². The second-order valence-corrected chi connectivity index (χ2v) is 6.34. The Labute approximate surface area is 164 Å². The number of rotatable bonds is 6. The number of ether oxygens (including phenoxy) is 1. The summed E-state index contributed by atoms with van der Waals surface area (Å²) in [6, 6.07) is 5.48. The van der Waals surface area contributed by atoms with E-state index in [1.54, 1.807) is 21.6 Å². The van der Waals surface area contributed by atoms with E-state index in [-0.39, 0.29) is 17.1 Å². The molecule has 0 atom stereocenters. The first kappa shape index (κ1) is 19.4. The monoisotopic (exact) mass is 404 g/mol. The summed E-state index contributed by atoms with van der Waals surface area (Å²) >= 11 is 6.14. The molecule has 28 heavy (non-hydrogen) atoms. The predicted molar refractivity (Wildman–Crippen MR) is 102 cm³/mol. The minimum atomic E-state index is -0.541. The third-order valence-electron chi connectivity index (χ3n) is 4.09. The number of benzene rings is 1. The SMILES string of the molecule is COc1cc([N+](=O)[O-])ccc1NC(=O)c1ccn(Cn2nc(C)c(Cl)c2C)n1. The average molecular weight is 405 g/mol. The molecule has 0 spiro atoms. The van der Waals surface area contributed by atoms with Crippen molar-refractivity contribution in [1.82, 2.24) is 19.6 Å². The summed E-state index contributed by atoms with van der Waals surface area (Å²) in [5, 5.41) is 22.6. The van der Waals surface area contributed by atoms with E-state index in [1.165, 1.54) is 25.3 Å². The lowest BCUT2D eigenvalue weighted by Gasteiger charge is -2.09. The Morgan fingerprint density at radius 2 is 2.07 bits per heavy atom. The van der Waals surface area contributed by atoms with Crippen LogP contribution in [0, 0.1) is 24.0 Å². The number of aromatic nitrogens is 4. The van der Waals surface area contributed by atoms with E-state index >= 15 is 0 Å². The maximum atomic E-state index is 12.5. The lowest BCUT2D eigenvalue weighted by Crippen LogP contribution is -2.16. The van der Waals surface area contributed by atoms with Gasteiger partial charge in [0.15, 0.2) is 5.69 Å². The minimum Gasteiger partial charge on any atom is -0.494 e. The van der Waals surface area contributed by atoms with Crippen LogP contribution >= 0.6 is 11.6 Å². The molecule has 0 radical (unpaired) electrons. The first-order chi connectivity index (χ1) is 13.3. The van der Waals surface area contributed by atoms with Crippen molar-refractivity contribution < 1.29 is 14.5 Å². The number of carbonyl (C=O) groups excluding carboxylic acids is 1. The predicted octanol–water partition coefficient (Wildman–Crippen LogP) is 3.02. The summed E-state index contributed by atoms with van der Waals surface area (Å²) in [5.74, 6) is -0.295. The number of hydrogen-bond donors (Lipinski definition) is 1. The van der Waals surface area contributed by atoms with Crippen LogP contribution in [0.4, 0.5) is 11.4 Å². The smallest absolute Gasteiger partial charge is 0.276 e. The highest BCUT2D eigenvalue weighted by atomic mass is 35.5. The number of halogens is 1. The zero-order valence-electron chi connectivity index (χ0n) is 15.3. The van der Waals surface area contributed by atoms with Crippen LogP contribution in [0.25, 0.3) is 0 Å². The molecule has 0 aliphatic carbocycles. The van der Waals surface area contributed by atoms with Gasteiger partial charge in [-0.15, -0.1) is 0 Å². The number of amides is 1. The number of non-ortho nitro benzene ring substituents is 1. The Bertz CT molecular complexity index is 1060. The molecule has 11 heteroatoms. The van der Waals surface area contributed by atoms with E-state index in [1.807, 2.05) is 13.8 Å². The van der Waals surface area contributed by atoms with Crippen LogP contribution in [0.3, 0.4) is 0 Å². The van der Waals surface area contributed by atoms with Gasteiger partial charge in [-0.25, -0.2) is 4.68 Å². The Kier molecular flexibility index (Phi) is 5.32. The number of aryl methyl sites for hydroxylation is 1. The summed E-state index contributed by atoms with van der Waals surface area (Å²) in [6.07, 6.45) is 1.65. The first-order valence-electron chi connectivity index (χ1n) is 8.17. The zero-order chi connectivity index (χ0) is 20.4. The van der Waals surface area contributed by atoms with Gasteiger partial charge in [0.05, 0.1) is 40.2 Å². The Morgan fingerprint density at radius 1 is 1.32 bits per heavy atom. The van der Waals surface area contributed by atoms with Crippen molar-refractivity contribution in [3.63, 3.8) is 0 Å². The Morgan fingerprint density at radius 3 is 2.68 bits per heavy atom. The number of methoxy groups -OCH3 is 1. The average Bonchev–Trinajstić information content (AvgIpc) is 3.23. The maximum absolute atomic E-state index is 12.5. The molecule has 1 aromatic carbocycles. The van der Waals surface area contributed by atoms with Gasteiger partial charge in [-0.05, 0) is 26.0 Å². The standard InChI is InChI=1S/C17H17ClN6O4/c1-10-16(18)11(2)23(20-10)9-22-7-6-14(21-22)17(25)19-13-5-4-12(24(26)27)8-15(13)28-3/h4-8H,9H2,1-3H3,(H,19,25). The van der Waals surface area contributed by atoms with E-state index in [2.05, 4.69) is 15.5 Å². The fourth-order valence-corrected chi connectivity index (χ4v) is 2.73. The van der Waals surface area contributed by atoms with Crippen LogP contribution in [0.2, 0.25) is 5.02 Å². The zero-order valence-corrected chi connectivity index (χ0v) is 16.1. The molecule has 1 N–H and O–H groups in total. The van der Waals surface area contributed by atoms with E-state index < -0.39 is 10.8 Å². The number of anilines is 1. The molecule has 10 nitrogen and oxygen atoms in total. The normalized spacial score (nSPS) is 10.7. The molecule has 2 heterocycles. The molecule has 1 amide bonds. The Balaban J connectivity index is 1.76. The number of nitrogens with one attached hydrogen (secondary N) is 1. The molecule has 146 valence electrons. The highest BCUT2D eigenvalue weighted by molar-refractivity contribution is 6.31. The quantitative estimate of drug-likeness (QED) is 0.498. The van der Waals surface area contributed by atoms with E-state index in [4.69, 9.17) is 16.3 Å². The van der Waals surface area contributed by atoms with Crippen LogP contribution in [0.5, 0.6) is 5.75 Å². The van der Waals surface area contributed by atoms with Crippen LogP contribution in [0.15, 0.2) is 30.5 Å². The third kappa shape index (κ3) is 3.81. The number of nitro benzene ring substituents is 1. The van der Waals surface area contributed by atoms with E-state index in [0.717, 1.165) is 11.4 Å². The van der Waals surface area contributed by atoms with Crippen LogP contribution in [0.1, 0.15) is 21.9 Å². The van der Waals surface area contributed by atoms with Gasteiger partial charge in [-0.3, -0.25) is 19.6 Å². The second-order valence-electron chi connectivity index (χ2n) is 5.96. The summed E-state index contributed by atoms with van der Waals surface area (Å²) in [5.41, 5.74) is 1.86. The van der Waals surface area contributed by atoms with Gasteiger partial charge in [0.2, 0.25) is 0 Å². The van der Waals surface area contributed by atoms with Crippen molar-refractivity contribution in [2.75, 3.05) is 12.4 Å². The van der Waals surface area contributed by atoms with E-state index in [0.29, 0.717) is 17.4 Å². The topological polar surface area (TPSA) is 117 Å². The fraction of sp³-hybridized carbons (Fsp3) is 0.235. The summed E-state index contributed by atoms with van der Waals surface area (Å²) in [6.45, 7) is 3.96. The number of carbonyl (C=O) groups is 1. The molecule has 0 unspecified atom stereocenters. The molecule has 3 rings (SSSR count). The molecule has 0 saturated carbocycles. The van der Waals surface area contributed by atoms with Crippen LogP contribution in [-0.4, -0.2) is 37.5 Å². The Hall–Kier alpha value is -3.40. The van der Waals surface area contributed by atoms with Crippen molar-refractivity contribution in [1.29, 1.82) is 0 Å². The summed E-state index contributed by atoms with van der Waals surface area (Å²) in [7, 11) is 1.36. The van der Waals surface area contributed by atoms with Gasteiger partial charge in [0, 0.05) is 12.3 Å². The van der Waals surface area contributed by atoms with Crippen LogP contribution < -0.4 is 10.1 Å². The van der Waals surface area contributed by atoms with Gasteiger partial charge < -0.3 is 10.1 Å². The lowest BCUT2D eigenvalue weighted by molar-refractivity contribution is -0.384. The molecular weight excluding hydrogens is 388 g/mol. The number of nitro groups is 1. The molecular formula is C17H17ClN6O4. The van der Waals surface area contributed by atoms with Crippen LogP contribution in [-0.2, 0) is 6.67 Å². The van der Waals surface area contributed by atoms with E-state index in [9.17, 15) is 14.9 Å².